The Morgan fingerprint density at radius 1 is 1.20 bits per heavy atom. The number of hydrogen-bond donors (Lipinski definition) is 3. The minimum atomic E-state index is -4.14. The van der Waals surface area contributed by atoms with Crippen molar-refractivity contribution in [1.82, 2.24) is 4.72 Å². The van der Waals surface area contributed by atoms with Gasteiger partial charge in [-0.15, -0.1) is 0 Å². The number of sulfonamides is 1. The summed E-state index contributed by atoms with van der Waals surface area (Å²) in [7, 11) is -4.14. The maximum absolute atomic E-state index is 12.4. The summed E-state index contributed by atoms with van der Waals surface area (Å²) < 4.78 is 32.5. The average molecular weight is 520 g/mol. The lowest BCUT2D eigenvalue weighted by Gasteiger charge is -2.20. The lowest BCUT2D eigenvalue weighted by molar-refractivity contribution is -0.151. The Morgan fingerprint density at radius 3 is 2.40 bits per heavy atom. The molecule has 0 fully saturated rings. The second-order valence-corrected chi connectivity index (χ2v) is 9.44. The monoisotopic (exact) mass is 518 g/mol. The van der Waals surface area contributed by atoms with Gasteiger partial charge in [-0.05, 0) is 71.7 Å². The molecule has 2 aromatic rings. The normalized spacial score (nSPS) is 13.4. The zero-order chi connectivity index (χ0) is 22.5. The van der Waals surface area contributed by atoms with Crippen LogP contribution in [0.25, 0.3) is 0 Å². The van der Waals surface area contributed by atoms with Gasteiger partial charge in [0.2, 0.25) is 10.0 Å². The number of ether oxygens (including phenoxy) is 1. The van der Waals surface area contributed by atoms with Crippen LogP contribution in [-0.4, -0.2) is 44.2 Å². The Hall–Kier alpha value is -1.98. The Balaban J connectivity index is 2.01. The van der Waals surface area contributed by atoms with Crippen molar-refractivity contribution in [2.75, 3.05) is 11.9 Å². The number of aryl methyl sites for hydroxylation is 1. The van der Waals surface area contributed by atoms with Crippen LogP contribution in [0.3, 0.4) is 0 Å². The Kier molecular flexibility index (Phi) is 8.39. The van der Waals surface area contributed by atoms with Gasteiger partial charge in [-0.2, -0.15) is 4.72 Å². The van der Waals surface area contributed by atoms with Gasteiger partial charge in [0.25, 0.3) is 5.91 Å². The molecule has 0 unspecified atom stereocenters. The topological polar surface area (TPSA) is 122 Å². The van der Waals surface area contributed by atoms with E-state index in [4.69, 9.17) is 16.3 Å². The number of anilines is 1. The second kappa shape index (κ2) is 10.4. The number of benzene rings is 2. The van der Waals surface area contributed by atoms with Gasteiger partial charge < -0.3 is 15.2 Å². The van der Waals surface area contributed by atoms with Crippen LogP contribution in [0.4, 0.5) is 5.69 Å². The first kappa shape index (κ1) is 24.3. The Morgan fingerprint density at radius 2 is 1.83 bits per heavy atom. The molecule has 0 aromatic heterocycles. The van der Waals surface area contributed by atoms with Gasteiger partial charge in [-0.25, -0.2) is 8.42 Å². The minimum absolute atomic E-state index is 0.146. The molecule has 0 aliphatic rings. The van der Waals surface area contributed by atoms with Crippen molar-refractivity contribution in [3.8, 4) is 0 Å². The highest BCUT2D eigenvalue weighted by Gasteiger charge is 2.31. The first-order valence-electron chi connectivity index (χ1n) is 8.68. The fraction of sp³-hybridized carbons (Fsp3) is 0.263. The van der Waals surface area contributed by atoms with Crippen molar-refractivity contribution in [3.05, 3.63) is 57.5 Å². The number of esters is 1. The van der Waals surface area contributed by atoms with E-state index in [-0.39, 0.29) is 4.90 Å². The molecule has 30 heavy (non-hydrogen) atoms. The molecule has 0 aliphatic heterocycles. The van der Waals surface area contributed by atoms with E-state index in [9.17, 15) is 23.1 Å². The molecule has 2 rings (SSSR count). The van der Waals surface area contributed by atoms with Crippen molar-refractivity contribution in [1.29, 1.82) is 0 Å². The van der Waals surface area contributed by atoms with E-state index in [0.29, 0.717) is 15.2 Å². The molecule has 0 bridgehead atoms. The summed E-state index contributed by atoms with van der Waals surface area (Å²) in [5.74, 6) is -1.72. The maximum Gasteiger partial charge on any atom is 0.327 e. The first-order valence-corrected chi connectivity index (χ1v) is 11.3. The van der Waals surface area contributed by atoms with E-state index in [2.05, 4.69) is 26.0 Å². The lowest BCUT2D eigenvalue weighted by Crippen LogP contribution is -2.48. The molecule has 0 saturated heterocycles. The van der Waals surface area contributed by atoms with Gasteiger partial charge in [-0.1, -0.05) is 17.7 Å². The predicted molar refractivity (Wildman–Crippen MR) is 116 cm³/mol. The smallest absolute Gasteiger partial charge is 0.327 e. The van der Waals surface area contributed by atoms with E-state index >= 15 is 0 Å². The zero-order valence-corrected chi connectivity index (χ0v) is 19.2. The van der Waals surface area contributed by atoms with Crippen LogP contribution in [0, 0.1) is 6.92 Å². The molecular weight excluding hydrogens is 500 g/mol. The van der Waals surface area contributed by atoms with Crippen LogP contribution in [-0.2, 0) is 24.3 Å². The van der Waals surface area contributed by atoms with E-state index < -0.39 is 40.7 Å². The summed E-state index contributed by atoms with van der Waals surface area (Å²) in [6.45, 7) is 2.45. The van der Waals surface area contributed by atoms with Crippen molar-refractivity contribution >= 4 is 55.1 Å². The van der Waals surface area contributed by atoms with Crippen molar-refractivity contribution in [3.63, 3.8) is 0 Å². The summed E-state index contributed by atoms with van der Waals surface area (Å²) in [6, 6.07) is 8.92. The number of hydrogen-bond acceptors (Lipinski definition) is 6. The zero-order valence-electron chi connectivity index (χ0n) is 16.1. The maximum atomic E-state index is 12.4. The second-order valence-electron chi connectivity index (χ2n) is 6.43. The molecule has 2 aromatic carbocycles. The fourth-order valence-electron chi connectivity index (χ4n) is 2.33. The van der Waals surface area contributed by atoms with Crippen LogP contribution in [0.15, 0.2) is 51.8 Å². The van der Waals surface area contributed by atoms with Crippen LogP contribution >= 0.6 is 27.5 Å². The van der Waals surface area contributed by atoms with Gasteiger partial charge in [0.1, 0.15) is 6.04 Å². The number of carbonyl (C=O) groups is 2. The third kappa shape index (κ3) is 6.78. The van der Waals surface area contributed by atoms with Crippen LogP contribution < -0.4 is 10.0 Å². The van der Waals surface area contributed by atoms with Crippen molar-refractivity contribution in [2.45, 2.75) is 30.9 Å². The highest BCUT2D eigenvalue weighted by atomic mass is 79.9. The third-order valence-electron chi connectivity index (χ3n) is 3.89. The van der Waals surface area contributed by atoms with Gasteiger partial charge in [0.15, 0.2) is 6.61 Å². The highest BCUT2D eigenvalue weighted by Crippen LogP contribution is 2.23. The molecule has 0 aliphatic carbocycles. The van der Waals surface area contributed by atoms with Crippen molar-refractivity contribution in [2.24, 2.45) is 0 Å². The molecule has 0 radical (unpaired) electrons. The van der Waals surface area contributed by atoms with Crippen LogP contribution in [0.1, 0.15) is 12.5 Å². The molecule has 11 heteroatoms. The molecular formula is C19H20BrClN2O6S. The number of halogens is 2. The average Bonchev–Trinajstić information content (AvgIpc) is 2.66. The molecule has 0 heterocycles. The number of carbonyl (C=O) groups excluding carboxylic acids is 2. The van der Waals surface area contributed by atoms with Crippen LogP contribution in [0.5, 0.6) is 0 Å². The predicted octanol–water partition coefficient (Wildman–Crippen LogP) is 2.62. The molecule has 8 nitrogen and oxygen atoms in total. The summed E-state index contributed by atoms with van der Waals surface area (Å²) in [5.41, 5.74) is 1.47. The summed E-state index contributed by atoms with van der Waals surface area (Å²) >= 11 is 9.06. The van der Waals surface area contributed by atoms with Gasteiger partial charge in [-0.3, -0.25) is 9.59 Å². The lowest BCUT2D eigenvalue weighted by atomic mass is 10.2. The Bertz CT molecular complexity index is 1030. The first-order chi connectivity index (χ1) is 14.0. The van der Waals surface area contributed by atoms with Crippen LogP contribution in [0.2, 0.25) is 5.02 Å². The molecule has 0 saturated carbocycles. The minimum Gasteiger partial charge on any atom is -0.454 e. The molecule has 162 valence electrons. The third-order valence-corrected chi connectivity index (χ3v) is 6.25. The van der Waals surface area contributed by atoms with E-state index in [1.54, 1.807) is 18.2 Å². The van der Waals surface area contributed by atoms with E-state index in [1.165, 1.54) is 31.2 Å². The molecule has 3 N–H and O–H groups in total. The van der Waals surface area contributed by atoms with Gasteiger partial charge in [0.05, 0.1) is 16.7 Å². The number of nitrogens with one attached hydrogen (secondary N) is 2. The number of rotatable bonds is 8. The summed E-state index contributed by atoms with van der Waals surface area (Å²) in [4.78, 5) is 24.2. The van der Waals surface area contributed by atoms with E-state index in [0.717, 1.165) is 5.56 Å². The number of aliphatic hydroxyl groups is 1. The van der Waals surface area contributed by atoms with Gasteiger partial charge in [0, 0.05) is 9.50 Å². The Labute approximate surface area is 187 Å². The quantitative estimate of drug-likeness (QED) is 0.461. The molecule has 1 amide bonds. The van der Waals surface area contributed by atoms with E-state index in [1.807, 2.05) is 6.92 Å². The largest absolute Gasteiger partial charge is 0.454 e. The fourth-order valence-corrected chi connectivity index (χ4v) is 4.30. The van der Waals surface area contributed by atoms with Gasteiger partial charge >= 0.3 is 5.97 Å². The number of aliphatic hydroxyl groups excluding tert-OH is 1. The highest BCUT2D eigenvalue weighted by molar-refractivity contribution is 9.10. The SMILES string of the molecule is Cc1ccc(NC(=O)COC(=O)[C@H](NS(=O)(=O)c2ccc(Cl)cc2)[C@@H](C)O)c(Br)c1. The summed E-state index contributed by atoms with van der Waals surface area (Å²) in [6.07, 6.45) is -1.41. The molecule has 0 spiro atoms. The molecule has 2 atom stereocenters. The van der Waals surface area contributed by atoms with Crippen molar-refractivity contribution < 1.29 is 27.9 Å². The number of amides is 1. The summed E-state index contributed by atoms with van der Waals surface area (Å²) in [5, 5.41) is 12.7. The standard InChI is InChI=1S/C19H20BrClN2O6S/c1-11-3-8-16(15(20)9-11)22-17(25)10-29-19(26)18(12(2)24)23-30(27,28)14-6-4-13(21)5-7-14/h3-9,12,18,23-24H,10H2,1-2H3,(H,22,25)/t12-,18-/m1/s1.